The zero-order valence-corrected chi connectivity index (χ0v) is 18.1. The molecule has 6 aromatic rings. The summed E-state index contributed by atoms with van der Waals surface area (Å²) in [4.78, 5) is 9.27. The molecule has 158 valence electrons. The molecule has 4 nitrogen and oxygen atoms in total. The second-order valence-corrected chi connectivity index (χ2v) is 7.96. The lowest BCUT2D eigenvalue weighted by Gasteiger charge is -2.04. The number of nitrogens with zero attached hydrogens (tertiary/aromatic N) is 2. The molecule has 0 N–H and O–H groups in total. The van der Waals surface area contributed by atoms with Crippen molar-refractivity contribution in [1.29, 1.82) is 0 Å². The van der Waals surface area contributed by atoms with Gasteiger partial charge in [0.2, 0.25) is 0 Å². The molecular weight excluding hydrogens is 408 g/mol. The van der Waals surface area contributed by atoms with Crippen molar-refractivity contribution < 1.29 is 8.83 Å². The van der Waals surface area contributed by atoms with Crippen LogP contribution in [-0.4, -0.2) is 10.7 Å². The van der Waals surface area contributed by atoms with Gasteiger partial charge in [0.15, 0.2) is 0 Å². The maximum atomic E-state index is 6.15. The summed E-state index contributed by atoms with van der Waals surface area (Å²) < 4.78 is 12.2. The van der Waals surface area contributed by atoms with E-state index in [2.05, 4.69) is 29.8 Å². The SMILES string of the molecule is C=C/C=C\N=C(C)c1cccc(-c2ccc3oc4cc5oc6ccccc6c5cc4c3c2)n1. The van der Waals surface area contributed by atoms with Crippen LogP contribution in [-0.2, 0) is 0 Å². The average Bonchev–Trinajstić information content (AvgIpc) is 3.39. The standard InChI is InChI=1S/C29H20N2O2/c1-3-4-14-30-18(2)24-9-7-10-25(31-24)19-12-13-27-21(15-19)23-16-22-20-8-5-6-11-26(20)32-28(22)17-29(23)33-27/h3-17H,1H2,2H3/b14-4-,30-18?. The first-order valence-electron chi connectivity index (χ1n) is 10.8. The molecule has 0 aliphatic carbocycles. The average molecular weight is 428 g/mol. The highest BCUT2D eigenvalue weighted by Gasteiger charge is 2.14. The summed E-state index contributed by atoms with van der Waals surface area (Å²) in [6.45, 7) is 5.62. The fourth-order valence-electron chi connectivity index (χ4n) is 4.23. The van der Waals surface area contributed by atoms with Crippen LogP contribution in [0, 0.1) is 0 Å². The van der Waals surface area contributed by atoms with Crippen molar-refractivity contribution in [3.63, 3.8) is 0 Å². The molecule has 3 aromatic heterocycles. The second kappa shape index (κ2) is 7.61. The van der Waals surface area contributed by atoms with Crippen LogP contribution in [0.5, 0.6) is 0 Å². The van der Waals surface area contributed by atoms with E-state index >= 15 is 0 Å². The number of para-hydroxylation sites is 1. The van der Waals surface area contributed by atoms with Crippen molar-refractivity contribution in [2.24, 2.45) is 4.99 Å². The van der Waals surface area contributed by atoms with Crippen molar-refractivity contribution in [2.45, 2.75) is 6.92 Å². The zero-order chi connectivity index (χ0) is 22.4. The number of benzene rings is 3. The Morgan fingerprint density at radius 2 is 1.55 bits per heavy atom. The molecule has 3 aromatic carbocycles. The number of rotatable bonds is 4. The Balaban J connectivity index is 1.50. The molecule has 0 bridgehead atoms. The molecule has 0 amide bonds. The minimum atomic E-state index is 0.812. The van der Waals surface area contributed by atoms with E-state index in [0.29, 0.717) is 0 Å². The molecular formula is C29H20N2O2. The Hall–Kier alpha value is -4.44. The number of allylic oxidation sites excluding steroid dienone is 2. The maximum Gasteiger partial charge on any atom is 0.139 e. The van der Waals surface area contributed by atoms with Gasteiger partial charge in [0.25, 0.3) is 0 Å². The Bertz CT molecular complexity index is 1750. The first-order valence-corrected chi connectivity index (χ1v) is 10.8. The fourth-order valence-corrected chi connectivity index (χ4v) is 4.23. The molecule has 0 fully saturated rings. The largest absolute Gasteiger partial charge is 0.456 e. The Kier molecular flexibility index (Phi) is 4.44. The lowest BCUT2D eigenvalue weighted by molar-refractivity contribution is 0.656. The van der Waals surface area contributed by atoms with Crippen LogP contribution in [0.15, 0.2) is 112 Å². The summed E-state index contributed by atoms with van der Waals surface area (Å²) in [6.07, 6.45) is 5.22. The lowest BCUT2D eigenvalue weighted by atomic mass is 10.0. The van der Waals surface area contributed by atoms with Crippen molar-refractivity contribution in [3.8, 4) is 11.3 Å². The molecule has 0 aliphatic heterocycles. The van der Waals surface area contributed by atoms with E-state index in [9.17, 15) is 0 Å². The van der Waals surface area contributed by atoms with Crippen LogP contribution < -0.4 is 0 Å². The first kappa shape index (κ1) is 19.3. The third kappa shape index (κ3) is 3.24. The highest BCUT2D eigenvalue weighted by molar-refractivity contribution is 6.15. The quantitative estimate of drug-likeness (QED) is 0.211. The van der Waals surface area contributed by atoms with Gasteiger partial charge in [0, 0.05) is 39.4 Å². The molecule has 0 aliphatic rings. The third-order valence-electron chi connectivity index (χ3n) is 5.87. The molecule has 3 heterocycles. The summed E-state index contributed by atoms with van der Waals surface area (Å²) >= 11 is 0. The van der Waals surface area contributed by atoms with Crippen molar-refractivity contribution >= 4 is 49.6 Å². The third-order valence-corrected chi connectivity index (χ3v) is 5.87. The van der Waals surface area contributed by atoms with Crippen molar-refractivity contribution in [3.05, 3.63) is 103 Å². The Morgan fingerprint density at radius 3 is 2.39 bits per heavy atom. The van der Waals surface area contributed by atoms with E-state index in [-0.39, 0.29) is 0 Å². The van der Waals surface area contributed by atoms with Gasteiger partial charge in [0.1, 0.15) is 22.3 Å². The molecule has 0 unspecified atom stereocenters. The van der Waals surface area contributed by atoms with Crippen LogP contribution in [0.2, 0.25) is 0 Å². The Labute approximate surface area is 190 Å². The minimum absolute atomic E-state index is 0.812. The van der Waals surface area contributed by atoms with Gasteiger partial charge in [-0.15, -0.1) is 0 Å². The number of aliphatic imine (C=N–C) groups is 1. The van der Waals surface area contributed by atoms with Gasteiger partial charge >= 0.3 is 0 Å². The summed E-state index contributed by atoms with van der Waals surface area (Å²) in [5, 5.41) is 4.32. The van der Waals surface area contributed by atoms with E-state index in [1.165, 1.54) is 0 Å². The maximum absolute atomic E-state index is 6.15. The van der Waals surface area contributed by atoms with Crippen LogP contribution in [0.4, 0.5) is 0 Å². The second-order valence-electron chi connectivity index (χ2n) is 7.96. The zero-order valence-electron chi connectivity index (χ0n) is 18.1. The first-order chi connectivity index (χ1) is 16.2. The minimum Gasteiger partial charge on any atom is -0.456 e. The summed E-state index contributed by atoms with van der Waals surface area (Å²) in [5.41, 5.74) is 6.97. The summed E-state index contributed by atoms with van der Waals surface area (Å²) in [7, 11) is 0. The number of hydrogen-bond donors (Lipinski definition) is 0. The fraction of sp³-hybridized carbons (Fsp3) is 0.0345. The van der Waals surface area contributed by atoms with Gasteiger partial charge in [-0.3, -0.25) is 4.99 Å². The van der Waals surface area contributed by atoms with Gasteiger partial charge in [-0.1, -0.05) is 36.9 Å². The van der Waals surface area contributed by atoms with Crippen molar-refractivity contribution in [1.82, 2.24) is 4.98 Å². The van der Waals surface area contributed by atoms with Crippen LogP contribution in [0.25, 0.3) is 55.1 Å². The molecule has 0 saturated carbocycles. The van der Waals surface area contributed by atoms with E-state index in [0.717, 1.165) is 66.5 Å². The van der Waals surface area contributed by atoms with Gasteiger partial charge in [-0.2, -0.15) is 0 Å². The van der Waals surface area contributed by atoms with Gasteiger partial charge in [-0.05, 0) is 55.5 Å². The molecule has 6 rings (SSSR count). The van der Waals surface area contributed by atoms with Gasteiger partial charge in [-0.25, -0.2) is 4.98 Å². The topological polar surface area (TPSA) is 51.5 Å². The van der Waals surface area contributed by atoms with Gasteiger partial charge < -0.3 is 8.83 Å². The summed E-state index contributed by atoms with van der Waals surface area (Å²) in [6, 6.07) is 24.4. The number of aromatic nitrogens is 1. The number of furan rings is 2. The van der Waals surface area contributed by atoms with E-state index in [4.69, 9.17) is 13.8 Å². The van der Waals surface area contributed by atoms with Crippen LogP contribution >= 0.6 is 0 Å². The predicted octanol–water partition coefficient (Wildman–Crippen LogP) is 8.06. The number of pyridine rings is 1. The van der Waals surface area contributed by atoms with Crippen LogP contribution in [0.3, 0.4) is 0 Å². The molecule has 0 saturated heterocycles. The normalized spacial score (nSPS) is 12.6. The van der Waals surface area contributed by atoms with E-state index < -0.39 is 0 Å². The monoisotopic (exact) mass is 428 g/mol. The Morgan fingerprint density at radius 1 is 0.788 bits per heavy atom. The molecule has 0 radical (unpaired) electrons. The smallest absolute Gasteiger partial charge is 0.139 e. The molecule has 0 atom stereocenters. The number of hydrogen-bond acceptors (Lipinski definition) is 4. The predicted molar refractivity (Wildman–Crippen MR) is 136 cm³/mol. The molecule has 4 heteroatoms. The highest BCUT2D eigenvalue weighted by Crippen LogP contribution is 2.37. The van der Waals surface area contributed by atoms with Crippen LogP contribution in [0.1, 0.15) is 12.6 Å². The van der Waals surface area contributed by atoms with Gasteiger partial charge in [0.05, 0.1) is 17.1 Å². The lowest BCUT2D eigenvalue weighted by Crippen LogP contribution is -1.99. The van der Waals surface area contributed by atoms with E-state index in [1.54, 1.807) is 18.4 Å². The molecule has 0 spiro atoms. The summed E-state index contributed by atoms with van der Waals surface area (Å²) in [5.74, 6) is 0. The van der Waals surface area contributed by atoms with Crippen molar-refractivity contribution in [2.75, 3.05) is 0 Å². The number of fused-ring (bicyclic) bond motifs is 6. The van der Waals surface area contributed by atoms with E-state index in [1.807, 2.05) is 61.5 Å². The molecule has 33 heavy (non-hydrogen) atoms. The highest BCUT2D eigenvalue weighted by atomic mass is 16.3.